The molecule has 0 radical (unpaired) electrons. The molecule has 0 nitrogen and oxygen atoms in total. The average molecular weight is 164 g/mol. The zero-order valence-electron chi connectivity index (χ0n) is 7.38. The fourth-order valence-corrected chi connectivity index (χ4v) is 2.01. The molecule has 0 heterocycles. The molecule has 0 aliphatic heterocycles. The second-order valence-electron chi connectivity index (χ2n) is 3.42. The first kappa shape index (κ1) is 8.53. The standard InChI is InChI=1S/C10H16Si/c1-11(2)9-8-10-6-4-3-5-7-10/h3-7,11H,8-9H2,1-2H3. The van der Waals surface area contributed by atoms with Crippen LogP contribution in [0.2, 0.25) is 19.1 Å². The Hall–Kier alpha value is -0.563. The molecule has 1 aromatic carbocycles. The van der Waals surface area contributed by atoms with Gasteiger partial charge in [-0.3, -0.25) is 0 Å². The molecule has 0 aromatic heterocycles. The highest BCUT2D eigenvalue weighted by Crippen LogP contribution is 2.04. The van der Waals surface area contributed by atoms with E-state index in [0.29, 0.717) is 0 Å². The predicted molar refractivity (Wildman–Crippen MR) is 53.8 cm³/mol. The van der Waals surface area contributed by atoms with Gasteiger partial charge < -0.3 is 0 Å². The lowest BCUT2D eigenvalue weighted by Gasteiger charge is -2.02. The molecule has 0 unspecified atom stereocenters. The summed E-state index contributed by atoms with van der Waals surface area (Å²) in [5, 5.41) is 0. The Balaban J connectivity index is 2.39. The van der Waals surface area contributed by atoms with Gasteiger partial charge in [0.15, 0.2) is 0 Å². The van der Waals surface area contributed by atoms with Crippen molar-refractivity contribution in [3.63, 3.8) is 0 Å². The second-order valence-corrected chi connectivity index (χ2v) is 6.78. The van der Waals surface area contributed by atoms with E-state index in [9.17, 15) is 0 Å². The maximum atomic E-state index is 2.41. The molecule has 0 amide bonds. The van der Waals surface area contributed by atoms with E-state index in [1.807, 2.05) is 0 Å². The normalized spacial score (nSPS) is 10.5. The Bertz CT molecular complexity index is 191. The summed E-state index contributed by atoms with van der Waals surface area (Å²) in [6.45, 7) is 4.81. The lowest BCUT2D eigenvalue weighted by atomic mass is 10.2. The van der Waals surface area contributed by atoms with E-state index in [1.165, 1.54) is 18.0 Å². The summed E-state index contributed by atoms with van der Waals surface area (Å²) in [6.07, 6.45) is 1.28. The van der Waals surface area contributed by atoms with Crippen LogP contribution >= 0.6 is 0 Å². The number of hydrogen-bond donors (Lipinski definition) is 0. The van der Waals surface area contributed by atoms with Crippen molar-refractivity contribution >= 4 is 8.80 Å². The summed E-state index contributed by atoms with van der Waals surface area (Å²) in [7, 11) is -0.340. The van der Waals surface area contributed by atoms with Crippen LogP contribution in [0.1, 0.15) is 5.56 Å². The summed E-state index contributed by atoms with van der Waals surface area (Å²) >= 11 is 0. The summed E-state index contributed by atoms with van der Waals surface area (Å²) < 4.78 is 0. The Morgan fingerprint density at radius 1 is 1.09 bits per heavy atom. The lowest BCUT2D eigenvalue weighted by Crippen LogP contribution is -2.00. The van der Waals surface area contributed by atoms with Gasteiger partial charge in [0.25, 0.3) is 0 Å². The number of rotatable bonds is 3. The topological polar surface area (TPSA) is 0 Å². The Labute approximate surface area is 70.9 Å². The molecule has 1 rings (SSSR count). The largest absolute Gasteiger partial charge is 0.0722 e. The zero-order chi connectivity index (χ0) is 8.10. The SMILES string of the molecule is C[SiH](C)CCc1ccccc1. The highest BCUT2D eigenvalue weighted by molar-refractivity contribution is 6.55. The molecule has 0 aliphatic carbocycles. The van der Waals surface area contributed by atoms with E-state index >= 15 is 0 Å². The van der Waals surface area contributed by atoms with Gasteiger partial charge in [-0.2, -0.15) is 0 Å². The van der Waals surface area contributed by atoms with Crippen molar-refractivity contribution in [2.45, 2.75) is 25.6 Å². The molecule has 1 heteroatoms. The molecule has 0 atom stereocenters. The van der Waals surface area contributed by atoms with Gasteiger partial charge in [0.2, 0.25) is 0 Å². The van der Waals surface area contributed by atoms with Gasteiger partial charge in [-0.15, -0.1) is 0 Å². The van der Waals surface area contributed by atoms with Gasteiger partial charge in [-0.25, -0.2) is 0 Å². The van der Waals surface area contributed by atoms with Gasteiger partial charge in [0, 0.05) is 8.80 Å². The van der Waals surface area contributed by atoms with Crippen molar-refractivity contribution in [2.24, 2.45) is 0 Å². The third-order valence-corrected chi connectivity index (χ3v) is 3.30. The summed E-state index contributed by atoms with van der Waals surface area (Å²) in [5.74, 6) is 0. The van der Waals surface area contributed by atoms with Crippen LogP contribution in [0, 0.1) is 0 Å². The molecule has 11 heavy (non-hydrogen) atoms. The quantitative estimate of drug-likeness (QED) is 0.603. The van der Waals surface area contributed by atoms with E-state index in [1.54, 1.807) is 0 Å². The van der Waals surface area contributed by atoms with Crippen LogP contribution in [0.3, 0.4) is 0 Å². The second kappa shape index (κ2) is 4.34. The minimum absolute atomic E-state index is 0.340. The van der Waals surface area contributed by atoms with E-state index in [-0.39, 0.29) is 8.80 Å². The van der Waals surface area contributed by atoms with Crippen molar-refractivity contribution < 1.29 is 0 Å². The first-order valence-electron chi connectivity index (χ1n) is 4.33. The molecular weight excluding hydrogens is 148 g/mol. The van der Waals surface area contributed by atoms with Gasteiger partial charge >= 0.3 is 0 Å². The maximum Gasteiger partial charge on any atom is 0.0308 e. The molecule has 0 saturated heterocycles. The third-order valence-electron chi connectivity index (χ3n) is 1.85. The smallest absolute Gasteiger partial charge is 0.0308 e. The summed E-state index contributed by atoms with van der Waals surface area (Å²) in [6, 6.07) is 12.2. The van der Waals surface area contributed by atoms with Crippen LogP contribution < -0.4 is 0 Å². The lowest BCUT2D eigenvalue weighted by molar-refractivity contribution is 1.11. The molecule has 0 saturated carbocycles. The van der Waals surface area contributed by atoms with Crippen molar-refractivity contribution in [3.05, 3.63) is 35.9 Å². The minimum Gasteiger partial charge on any atom is -0.0722 e. The minimum atomic E-state index is -0.340. The highest BCUT2D eigenvalue weighted by Gasteiger charge is 1.95. The number of hydrogen-bond acceptors (Lipinski definition) is 0. The van der Waals surface area contributed by atoms with Gasteiger partial charge in [-0.1, -0.05) is 49.5 Å². The summed E-state index contributed by atoms with van der Waals surface area (Å²) in [4.78, 5) is 0. The van der Waals surface area contributed by atoms with E-state index in [4.69, 9.17) is 0 Å². The van der Waals surface area contributed by atoms with Crippen molar-refractivity contribution in [2.75, 3.05) is 0 Å². The highest BCUT2D eigenvalue weighted by atomic mass is 28.3. The van der Waals surface area contributed by atoms with Crippen LogP contribution in [0.4, 0.5) is 0 Å². The van der Waals surface area contributed by atoms with Crippen molar-refractivity contribution in [1.29, 1.82) is 0 Å². The van der Waals surface area contributed by atoms with Crippen molar-refractivity contribution in [3.8, 4) is 0 Å². The fraction of sp³-hybridized carbons (Fsp3) is 0.400. The molecule has 0 N–H and O–H groups in total. The number of benzene rings is 1. The molecule has 0 spiro atoms. The Kier molecular flexibility index (Phi) is 3.37. The van der Waals surface area contributed by atoms with E-state index in [2.05, 4.69) is 43.4 Å². The van der Waals surface area contributed by atoms with E-state index in [0.717, 1.165) is 0 Å². The fourth-order valence-electron chi connectivity index (χ4n) is 1.10. The van der Waals surface area contributed by atoms with Gasteiger partial charge in [0.1, 0.15) is 0 Å². The van der Waals surface area contributed by atoms with E-state index < -0.39 is 0 Å². The Morgan fingerprint density at radius 3 is 2.27 bits per heavy atom. The molecule has 0 bridgehead atoms. The van der Waals surface area contributed by atoms with Crippen molar-refractivity contribution in [1.82, 2.24) is 0 Å². The average Bonchev–Trinajstić information content (AvgIpc) is 2.03. The third kappa shape index (κ3) is 3.37. The first-order chi connectivity index (χ1) is 5.29. The Morgan fingerprint density at radius 2 is 1.73 bits per heavy atom. The van der Waals surface area contributed by atoms with Crippen LogP contribution in [-0.2, 0) is 6.42 Å². The summed E-state index contributed by atoms with van der Waals surface area (Å²) in [5.41, 5.74) is 1.49. The molecule has 1 aromatic rings. The van der Waals surface area contributed by atoms with Crippen LogP contribution in [0.5, 0.6) is 0 Å². The van der Waals surface area contributed by atoms with Crippen LogP contribution in [0.15, 0.2) is 30.3 Å². The maximum absolute atomic E-state index is 2.41. The zero-order valence-corrected chi connectivity index (χ0v) is 8.53. The van der Waals surface area contributed by atoms with Gasteiger partial charge in [-0.05, 0) is 12.0 Å². The molecule has 0 fully saturated rings. The predicted octanol–water partition coefficient (Wildman–Crippen LogP) is 2.72. The molecule has 60 valence electrons. The monoisotopic (exact) mass is 164 g/mol. The van der Waals surface area contributed by atoms with Crippen LogP contribution in [0.25, 0.3) is 0 Å². The number of aryl methyl sites for hydroxylation is 1. The van der Waals surface area contributed by atoms with Crippen LogP contribution in [-0.4, -0.2) is 8.80 Å². The first-order valence-corrected chi connectivity index (χ1v) is 7.45. The molecule has 0 aliphatic rings. The molecular formula is C10H16Si. The van der Waals surface area contributed by atoms with Gasteiger partial charge in [0.05, 0.1) is 0 Å².